The van der Waals surface area contributed by atoms with Crippen LogP contribution in [0.4, 0.5) is 28.4 Å². The van der Waals surface area contributed by atoms with Crippen LogP contribution < -0.4 is 41.0 Å². The average Bonchev–Trinajstić information content (AvgIpc) is 0.791. The molecule has 0 fully saturated rings. The van der Waals surface area contributed by atoms with Crippen molar-refractivity contribution in [1.29, 1.82) is 0 Å². The number of carbonyl (C=O) groups excluding carboxylic acids is 4. The maximum absolute atomic E-state index is 13.9. The highest BCUT2D eigenvalue weighted by Crippen LogP contribution is 2.34. The minimum absolute atomic E-state index is 0.00961. The number of carbonyl (C=O) groups is 4. The predicted octanol–water partition coefficient (Wildman–Crippen LogP) is 8.75. The molecule has 0 bridgehead atoms. The fourth-order valence-corrected chi connectivity index (χ4v) is 14.6. The Morgan fingerprint density at radius 2 is 0.808 bits per heavy atom. The number of rotatable bonds is 73. The molecule has 33 nitrogen and oxygen atoms in total. The molecule has 4 amide bonds. The third kappa shape index (κ3) is 41.0. The fourth-order valence-electron chi connectivity index (χ4n) is 12.0. The summed E-state index contributed by atoms with van der Waals surface area (Å²) in [5.74, 6) is -0.599. The van der Waals surface area contributed by atoms with E-state index in [9.17, 15) is 36.0 Å². The highest BCUT2D eigenvalue weighted by molar-refractivity contribution is 7.93. The van der Waals surface area contributed by atoms with Crippen molar-refractivity contribution in [3.8, 4) is 11.1 Å². The topological polar surface area (TPSA) is 370 Å². The summed E-state index contributed by atoms with van der Waals surface area (Å²) in [5.41, 5.74) is 17.9. The molecule has 5 aromatic carbocycles. The van der Waals surface area contributed by atoms with Gasteiger partial charge in [-0.05, 0) is 152 Å². The quantitative estimate of drug-likeness (QED) is 0.00811. The number of nitrogens with zero attached hydrogens (tertiary/aromatic N) is 3. The van der Waals surface area contributed by atoms with Gasteiger partial charge in [-0.25, -0.2) is 16.8 Å². The number of nitrogens with one attached hydrogen (secondary N) is 7. The van der Waals surface area contributed by atoms with Crippen LogP contribution in [0.3, 0.4) is 0 Å². The van der Waals surface area contributed by atoms with Gasteiger partial charge in [-0.3, -0.25) is 55.2 Å². The molecular formula is C85H127N10O23S2+. The van der Waals surface area contributed by atoms with Crippen LogP contribution in [0.2, 0.25) is 0 Å². The lowest BCUT2D eigenvalue weighted by atomic mass is 9.95. The molecule has 0 spiro atoms. The normalized spacial score (nSPS) is 11.6. The Hall–Kier alpha value is -8.41. The van der Waals surface area contributed by atoms with Crippen LogP contribution in [-0.2, 0) is 119 Å². The van der Waals surface area contributed by atoms with Crippen LogP contribution in [0.5, 0.6) is 0 Å². The summed E-state index contributed by atoms with van der Waals surface area (Å²) in [6.07, 6.45) is 10.2. The number of aryl methyl sites for hydroxylation is 2. The molecule has 0 aliphatic rings. The standard InChI is InChI=1S/C85H126N10O23S2/c1-7-9-11-31-94(85(99)75-17-14-30-93(64-75)65-82(98)88-84-70(4)19-29-81(72(84)6)120(102,103)92-79-26-22-77(23-27-79)90-87-68-97)33-35-104-37-39-106-41-43-108-45-47-110-49-51-112-53-55-114-57-59-116-61-62-117-60-58-115-56-54-113-52-50-111-48-46-109-44-42-107-40-38-105-36-34-95(32-12-10-8-2)118-66-73-15-13-16-74(63-73)83-69(3)18-28-80(71(83)5)119(100,101)91-78-24-20-76(21-25-78)89-86-67-96/h13-30,63-64,67-68,89-92H,7-12,31-62,65-66H2,1-6H3,(H2-,86,87,88,96,97,98)/p+1. The zero-order chi connectivity index (χ0) is 85.9. The molecule has 0 atom stereocenters. The second kappa shape index (κ2) is 61.0. The first-order valence-corrected chi connectivity index (χ1v) is 43.9. The summed E-state index contributed by atoms with van der Waals surface area (Å²) in [7, 11) is -7.99. The molecule has 7 N–H and O–H groups in total. The van der Waals surface area contributed by atoms with Crippen LogP contribution in [0.1, 0.15) is 90.5 Å². The second-order valence-corrected chi connectivity index (χ2v) is 30.7. The van der Waals surface area contributed by atoms with Gasteiger partial charge in [0.25, 0.3) is 31.9 Å². The lowest BCUT2D eigenvalue weighted by Gasteiger charge is -2.22. The van der Waals surface area contributed by atoms with E-state index in [0.29, 0.717) is 275 Å². The third-order valence-electron chi connectivity index (χ3n) is 18.1. The molecule has 1 heterocycles. The van der Waals surface area contributed by atoms with Gasteiger partial charge in [-0.2, -0.15) is 9.63 Å². The number of anilines is 5. The summed E-state index contributed by atoms with van der Waals surface area (Å²) < 4.78 is 140. The molecule has 1 aromatic heterocycles. The van der Waals surface area contributed by atoms with Gasteiger partial charge in [0.15, 0.2) is 12.4 Å². The number of amides is 4. The number of hydrazine groups is 2. The van der Waals surface area contributed by atoms with Crippen molar-refractivity contribution < 1.29 is 112 Å². The van der Waals surface area contributed by atoms with Crippen LogP contribution >= 0.6 is 0 Å². The number of hydrogen-bond acceptors (Lipinski definition) is 26. The number of ether oxygens (including phenoxy) is 14. The number of unbranched alkanes of at least 4 members (excludes halogenated alkanes) is 4. The predicted molar refractivity (Wildman–Crippen MR) is 455 cm³/mol. The van der Waals surface area contributed by atoms with Crippen molar-refractivity contribution in [1.82, 2.24) is 20.8 Å². The number of pyridine rings is 1. The summed E-state index contributed by atoms with van der Waals surface area (Å²) in [4.78, 5) is 56.8. The highest BCUT2D eigenvalue weighted by Gasteiger charge is 2.26. The lowest BCUT2D eigenvalue weighted by Crippen LogP contribution is -2.42. The Balaban J connectivity index is 0.656. The molecule has 0 radical (unpaired) electrons. The molecule has 0 aliphatic carbocycles. The Labute approximate surface area is 708 Å². The van der Waals surface area contributed by atoms with Crippen molar-refractivity contribution in [3.05, 3.63) is 155 Å². The van der Waals surface area contributed by atoms with Gasteiger partial charge >= 0.3 is 0 Å². The van der Waals surface area contributed by atoms with E-state index in [0.717, 1.165) is 67.3 Å². The maximum atomic E-state index is 13.9. The van der Waals surface area contributed by atoms with Gasteiger partial charge in [-0.15, -0.1) is 0 Å². The third-order valence-corrected chi connectivity index (χ3v) is 21.2. The number of hydroxylamine groups is 2. The van der Waals surface area contributed by atoms with Crippen LogP contribution in [-0.4, -0.2) is 263 Å². The van der Waals surface area contributed by atoms with E-state index in [-0.39, 0.29) is 22.2 Å². The van der Waals surface area contributed by atoms with Gasteiger partial charge in [0.2, 0.25) is 19.4 Å². The van der Waals surface area contributed by atoms with Crippen molar-refractivity contribution in [3.63, 3.8) is 0 Å². The molecular weight excluding hydrogens is 1590 g/mol. The Morgan fingerprint density at radius 3 is 1.23 bits per heavy atom. The van der Waals surface area contributed by atoms with E-state index in [1.807, 2.05) is 49.2 Å². The first-order chi connectivity index (χ1) is 58.5. The average molecular weight is 1720 g/mol. The van der Waals surface area contributed by atoms with Gasteiger partial charge < -0.3 is 76.5 Å². The van der Waals surface area contributed by atoms with E-state index < -0.39 is 26.0 Å². The summed E-state index contributed by atoms with van der Waals surface area (Å²) >= 11 is 0. The number of hydrogen-bond donors (Lipinski definition) is 7. The SMILES string of the molecule is CCCCCN(CCOCCOCCOCCOCCOCCOCCOCCOCCOCCOCCOCCOCCOCCOCCN(CCCCC)C(=O)c1ccc[n+](CC(=O)Nc2c(C)ccc(S(=O)(=O)Nc3ccc(NNC=O)cc3)c2C)c1)OCc1cccc(-c2c(C)ccc(S(=O)(=O)Nc3ccc(NNC=O)cc3)c2C)c1. The second-order valence-electron chi connectivity index (χ2n) is 27.4. The van der Waals surface area contributed by atoms with Gasteiger partial charge in [0.05, 0.1) is 213 Å². The van der Waals surface area contributed by atoms with Crippen LogP contribution in [0.15, 0.2) is 131 Å². The van der Waals surface area contributed by atoms with Gasteiger partial charge in [0, 0.05) is 49.3 Å². The molecule has 6 rings (SSSR count). The van der Waals surface area contributed by atoms with Crippen LogP contribution in [0, 0.1) is 27.7 Å². The smallest absolute Gasteiger partial charge is 0.290 e. The summed E-state index contributed by atoms with van der Waals surface area (Å²) in [6, 6.07) is 30.8. The van der Waals surface area contributed by atoms with Gasteiger partial charge in [-0.1, -0.05) is 69.9 Å². The maximum Gasteiger partial charge on any atom is 0.290 e. The van der Waals surface area contributed by atoms with Crippen LogP contribution in [0.25, 0.3) is 11.1 Å². The highest BCUT2D eigenvalue weighted by atomic mass is 32.2. The molecule has 0 unspecified atom stereocenters. The summed E-state index contributed by atoms with van der Waals surface area (Å²) in [6.45, 7) is 25.9. The monoisotopic (exact) mass is 1720 g/mol. The van der Waals surface area contributed by atoms with Gasteiger partial charge in [0.1, 0.15) is 5.56 Å². The first kappa shape index (κ1) is 100. The Morgan fingerprint density at radius 1 is 0.417 bits per heavy atom. The van der Waals surface area contributed by atoms with E-state index >= 15 is 0 Å². The van der Waals surface area contributed by atoms with Crippen molar-refractivity contribution in [2.24, 2.45) is 0 Å². The molecule has 0 saturated heterocycles. The largest absolute Gasteiger partial charge is 0.378 e. The Kier molecular flexibility index (Phi) is 51.0. The van der Waals surface area contributed by atoms with E-state index in [4.69, 9.17) is 71.2 Å². The lowest BCUT2D eigenvalue weighted by molar-refractivity contribution is -0.684. The minimum Gasteiger partial charge on any atom is -0.378 e. The fraction of sp³-hybridized carbons (Fsp3) is 0.541. The molecule has 35 heteroatoms. The first-order valence-electron chi connectivity index (χ1n) is 41.0. The van der Waals surface area contributed by atoms with E-state index in [2.05, 4.69) is 50.3 Å². The number of sulfonamides is 2. The number of benzene rings is 5. The minimum atomic E-state index is -4.06. The van der Waals surface area contributed by atoms with Crippen molar-refractivity contribution >= 4 is 73.1 Å². The van der Waals surface area contributed by atoms with E-state index in [1.54, 1.807) is 109 Å². The molecule has 120 heavy (non-hydrogen) atoms. The van der Waals surface area contributed by atoms with Crippen molar-refractivity contribution in [2.45, 2.75) is 103 Å². The number of aromatic nitrogens is 1. The van der Waals surface area contributed by atoms with Crippen molar-refractivity contribution in [2.75, 3.05) is 237 Å². The molecule has 0 saturated carbocycles. The molecule has 666 valence electrons. The zero-order valence-electron chi connectivity index (χ0n) is 70.5. The molecule has 6 aromatic rings. The zero-order valence-corrected chi connectivity index (χ0v) is 72.2. The van der Waals surface area contributed by atoms with E-state index in [1.165, 1.54) is 6.07 Å². The Bertz CT molecular complexity index is 4090. The summed E-state index contributed by atoms with van der Waals surface area (Å²) in [5, 5.41) is 4.83. The molecule has 0 aliphatic heterocycles.